The van der Waals surface area contributed by atoms with E-state index in [9.17, 15) is 0 Å². The van der Waals surface area contributed by atoms with Crippen molar-refractivity contribution in [1.29, 1.82) is 0 Å². The Kier molecular flexibility index (Phi) is 2.37. The van der Waals surface area contributed by atoms with Crippen LogP contribution in [0.4, 0.5) is 0 Å². The summed E-state index contributed by atoms with van der Waals surface area (Å²) in [6, 6.07) is 7.94. The van der Waals surface area contributed by atoms with E-state index in [2.05, 4.69) is 9.97 Å². The van der Waals surface area contributed by atoms with Crippen LogP contribution in [-0.4, -0.2) is 24.2 Å². The minimum atomic E-state index is 0.636. The molecule has 0 bridgehead atoms. The maximum absolute atomic E-state index is 5.23. The van der Waals surface area contributed by atoms with Crippen molar-refractivity contribution in [3.63, 3.8) is 0 Å². The molecule has 3 aromatic rings. The van der Waals surface area contributed by atoms with Gasteiger partial charge in [-0.2, -0.15) is 0 Å². The first-order valence-corrected chi connectivity index (χ1v) is 5.74. The van der Waals surface area contributed by atoms with Crippen LogP contribution >= 0.6 is 0 Å². The normalized spacial score (nSPS) is 11.1. The van der Waals surface area contributed by atoms with Crippen LogP contribution in [0.1, 0.15) is 5.69 Å². The maximum Gasteiger partial charge on any atom is 0.213 e. The number of hydrogen-bond donors (Lipinski definition) is 1. The molecule has 0 aliphatic carbocycles. The number of ether oxygens (including phenoxy) is 2. The van der Waals surface area contributed by atoms with Crippen molar-refractivity contribution in [3.8, 4) is 11.6 Å². The van der Waals surface area contributed by atoms with E-state index in [-0.39, 0.29) is 0 Å². The molecule has 0 aliphatic rings. The van der Waals surface area contributed by atoms with E-state index in [1.807, 2.05) is 31.2 Å². The van der Waals surface area contributed by atoms with Crippen LogP contribution in [-0.2, 0) is 0 Å². The summed E-state index contributed by atoms with van der Waals surface area (Å²) < 4.78 is 10.4. The standard InChI is InChI=1S/C14H14N2O2/c1-8-14-11(7-13(15-8)18-3)10-5-4-9(17-2)6-12(10)16-14/h4-7,16H,1-3H3. The Bertz CT molecular complexity index is 731. The predicted molar refractivity (Wildman–Crippen MR) is 71.4 cm³/mol. The Morgan fingerprint density at radius 3 is 2.61 bits per heavy atom. The Hall–Kier alpha value is -2.23. The average Bonchev–Trinajstić information content (AvgIpc) is 2.76. The first-order chi connectivity index (χ1) is 8.72. The van der Waals surface area contributed by atoms with Crippen LogP contribution in [0.15, 0.2) is 24.3 Å². The Morgan fingerprint density at radius 1 is 1.06 bits per heavy atom. The Balaban J connectivity index is 2.39. The second kappa shape index (κ2) is 3.91. The van der Waals surface area contributed by atoms with Crippen molar-refractivity contribution in [2.45, 2.75) is 6.92 Å². The number of fused-ring (bicyclic) bond motifs is 3. The van der Waals surface area contributed by atoms with Gasteiger partial charge in [0, 0.05) is 22.9 Å². The van der Waals surface area contributed by atoms with Gasteiger partial charge in [-0.3, -0.25) is 0 Å². The smallest absolute Gasteiger partial charge is 0.213 e. The van der Waals surface area contributed by atoms with Crippen molar-refractivity contribution in [2.24, 2.45) is 0 Å². The summed E-state index contributed by atoms with van der Waals surface area (Å²) in [4.78, 5) is 7.75. The third kappa shape index (κ3) is 1.49. The van der Waals surface area contributed by atoms with Gasteiger partial charge in [-0.1, -0.05) is 0 Å². The molecular weight excluding hydrogens is 228 g/mol. The molecule has 4 nitrogen and oxygen atoms in total. The number of hydrogen-bond acceptors (Lipinski definition) is 3. The molecule has 0 fully saturated rings. The molecule has 0 unspecified atom stereocenters. The van der Waals surface area contributed by atoms with Gasteiger partial charge in [-0.25, -0.2) is 4.98 Å². The van der Waals surface area contributed by atoms with Crippen molar-refractivity contribution >= 4 is 21.8 Å². The zero-order valence-electron chi connectivity index (χ0n) is 10.6. The van der Waals surface area contributed by atoms with E-state index in [4.69, 9.17) is 9.47 Å². The molecule has 2 heterocycles. The third-order valence-corrected chi connectivity index (χ3v) is 3.16. The number of rotatable bonds is 2. The number of nitrogens with zero attached hydrogens (tertiary/aromatic N) is 1. The molecule has 1 N–H and O–H groups in total. The predicted octanol–water partition coefficient (Wildman–Crippen LogP) is 3.04. The molecule has 1 aromatic carbocycles. The molecule has 92 valence electrons. The van der Waals surface area contributed by atoms with E-state index in [0.717, 1.165) is 33.2 Å². The van der Waals surface area contributed by atoms with E-state index >= 15 is 0 Å². The lowest BCUT2D eigenvalue weighted by atomic mass is 10.1. The van der Waals surface area contributed by atoms with Crippen molar-refractivity contribution < 1.29 is 9.47 Å². The number of aromatic amines is 1. The summed E-state index contributed by atoms with van der Waals surface area (Å²) in [6.07, 6.45) is 0. The summed E-state index contributed by atoms with van der Waals surface area (Å²) in [7, 11) is 3.30. The molecule has 2 aromatic heterocycles. The number of H-pyrrole nitrogens is 1. The Morgan fingerprint density at radius 2 is 1.89 bits per heavy atom. The first-order valence-electron chi connectivity index (χ1n) is 5.74. The van der Waals surface area contributed by atoms with E-state index < -0.39 is 0 Å². The van der Waals surface area contributed by atoms with Crippen LogP contribution in [0.5, 0.6) is 11.6 Å². The molecule has 0 amide bonds. The highest BCUT2D eigenvalue weighted by molar-refractivity contribution is 6.08. The van der Waals surface area contributed by atoms with Crippen molar-refractivity contribution in [1.82, 2.24) is 9.97 Å². The monoisotopic (exact) mass is 242 g/mol. The van der Waals surface area contributed by atoms with Gasteiger partial charge < -0.3 is 14.5 Å². The zero-order valence-corrected chi connectivity index (χ0v) is 10.6. The van der Waals surface area contributed by atoms with Crippen molar-refractivity contribution in [2.75, 3.05) is 14.2 Å². The van der Waals surface area contributed by atoms with Gasteiger partial charge in [0.05, 0.1) is 30.9 Å². The van der Waals surface area contributed by atoms with Crippen LogP contribution < -0.4 is 9.47 Å². The molecule has 3 rings (SSSR count). The molecule has 4 heteroatoms. The highest BCUT2D eigenvalue weighted by Crippen LogP contribution is 2.31. The number of benzene rings is 1. The fraction of sp³-hybridized carbons (Fsp3) is 0.214. The molecule has 0 atom stereocenters. The molecular formula is C14H14N2O2. The quantitative estimate of drug-likeness (QED) is 0.751. The number of aryl methyl sites for hydroxylation is 1. The number of pyridine rings is 1. The minimum Gasteiger partial charge on any atom is -0.497 e. The number of nitrogens with one attached hydrogen (secondary N) is 1. The van der Waals surface area contributed by atoms with Gasteiger partial charge in [0.1, 0.15) is 5.75 Å². The zero-order chi connectivity index (χ0) is 12.7. The summed E-state index contributed by atoms with van der Waals surface area (Å²) in [5.74, 6) is 1.48. The SMILES string of the molecule is COc1ccc2c(c1)[nH]c1c(C)nc(OC)cc12. The minimum absolute atomic E-state index is 0.636. The highest BCUT2D eigenvalue weighted by atomic mass is 16.5. The lowest BCUT2D eigenvalue weighted by Gasteiger charge is -2.01. The van der Waals surface area contributed by atoms with E-state index in [1.54, 1.807) is 14.2 Å². The van der Waals surface area contributed by atoms with Gasteiger partial charge in [0.2, 0.25) is 5.88 Å². The largest absolute Gasteiger partial charge is 0.497 e. The average molecular weight is 242 g/mol. The maximum atomic E-state index is 5.23. The van der Waals surface area contributed by atoms with Crippen LogP contribution in [0.25, 0.3) is 21.8 Å². The summed E-state index contributed by atoms with van der Waals surface area (Å²) in [5.41, 5.74) is 3.01. The van der Waals surface area contributed by atoms with Gasteiger partial charge in [-0.15, -0.1) is 0 Å². The fourth-order valence-corrected chi connectivity index (χ4v) is 2.24. The van der Waals surface area contributed by atoms with Crippen LogP contribution in [0.3, 0.4) is 0 Å². The van der Waals surface area contributed by atoms with Gasteiger partial charge in [-0.05, 0) is 19.1 Å². The molecule has 18 heavy (non-hydrogen) atoms. The second-order valence-electron chi connectivity index (χ2n) is 4.21. The fourth-order valence-electron chi connectivity index (χ4n) is 2.24. The lowest BCUT2D eigenvalue weighted by Crippen LogP contribution is -1.90. The van der Waals surface area contributed by atoms with Crippen LogP contribution in [0, 0.1) is 6.92 Å². The van der Waals surface area contributed by atoms with Gasteiger partial charge in [0.25, 0.3) is 0 Å². The summed E-state index contributed by atoms with van der Waals surface area (Å²) in [6.45, 7) is 1.97. The lowest BCUT2D eigenvalue weighted by molar-refractivity contribution is 0.398. The van der Waals surface area contributed by atoms with Gasteiger partial charge >= 0.3 is 0 Å². The van der Waals surface area contributed by atoms with Crippen molar-refractivity contribution in [3.05, 3.63) is 30.0 Å². The third-order valence-electron chi connectivity index (χ3n) is 3.16. The molecule has 0 aliphatic heterocycles. The number of methoxy groups -OCH3 is 2. The first kappa shape index (κ1) is 10.9. The summed E-state index contributed by atoms with van der Waals surface area (Å²) >= 11 is 0. The number of aromatic nitrogens is 2. The highest BCUT2D eigenvalue weighted by Gasteiger charge is 2.10. The molecule has 0 radical (unpaired) electrons. The Labute approximate surface area is 105 Å². The van der Waals surface area contributed by atoms with Gasteiger partial charge in [0.15, 0.2) is 0 Å². The molecule has 0 saturated heterocycles. The van der Waals surface area contributed by atoms with E-state index in [1.165, 1.54) is 0 Å². The molecule has 0 saturated carbocycles. The second-order valence-corrected chi connectivity index (χ2v) is 4.21. The molecule has 0 spiro atoms. The summed E-state index contributed by atoms with van der Waals surface area (Å²) in [5, 5.41) is 2.27. The van der Waals surface area contributed by atoms with Crippen LogP contribution in [0.2, 0.25) is 0 Å². The van der Waals surface area contributed by atoms with E-state index in [0.29, 0.717) is 5.88 Å². The topological polar surface area (TPSA) is 47.1 Å².